The number of benzene rings is 2. The molecule has 4 atom stereocenters. The van der Waals surface area contributed by atoms with Crippen LogP contribution in [0.4, 0.5) is 4.79 Å². The molecule has 1 N–H and O–H groups in total. The molecule has 0 saturated carbocycles. The number of aryl methyl sites for hydroxylation is 1. The Hall–Kier alpha value is -2.76. The highest BCUT2D eigenvalue weighted by Crippen LogP contribution is 2.47. The number of β-lactam (4-membered cyclic amide) rings is 1. The van der Waals surface area contributed by atoms with Crippen molar-refractivity contribution in [2.24, 2.45) is 5.41 Å². The summed E-state index contributed by atoms with van der Waals surface area (Å²) in [5.74, 6) is 0.339. The van der Waals surface area contributed by atoms with Gasteiger partial charge in [0.05, 0.1) is 12.6 Å². The van der Waals surface area contributed by atoms with Crippen LogP contribution in [-0.4, -0.2) is 29.7 Å². The van der Waals surface area contributed by atoms with Gasteiger partial charge in [0, 0.05) is 5.56 Å². The van der Waals surface area contributed by atoms with Crippen molar-refractivity contribution in [2.75, 3.05) is 6.61 Å². The first-order chi connectivity index (χ1) is 17.7. The van der Waals surface area contributed by atoms with Gasteiger partial charge in [0.15, 0.2) is 6.23 Å². The van der Waals surface area contributed by atoms with Crippen LogP contribution in [-0.2, 0) is 13.9 Å². The molecule has 3 rings (SSSR count). The van der Waals surface area contributed by atoms with Gasteiger partial charge >= 0.3 is 14.1 Å². The zero-order valence-electron chi connectivity index (χ0n) is 22.8. The van der Waals surface area contributed by atoms with Gasteiger partial charge in [-0.25, -0.2) is 9.69 Å². The number of rotatable bonds is 12. The van der Waals surface area contributed by atoms with Crippen LogP contribution in [0.25, 0.3) is 0 Å². The Morgan fingerprint density at radius 3 is 2.16 bits per heavy atom. The highest BCUT2D eigenvalue weighted by atomic mass is 31.1. The fourth-order valence-corrected chi connectivity index (χ4v) is 5.74. The fourth-order valence-electron chi connectivity index (χ4n) is 4.84. The smallest absolute Gasteiger partial charge is 0.469 e. The number of nitrogens with zero attached hydrogens (tertiary/aromatic N) is 1. The summed E-state index contributed by atoms with van der Waals surface area (Å²) in [7, 11) is -1.81. The summed E-state index contributed by atoms with van der Waals surface area (Å²) in [6, 6.07) is 14.8. The summed E-state index contributed by atoms with van der Waals surface area (Å²) < 4.78 is 23.8. The van der Waals surface area contributed by atoms with E-state index in [1.165, 1.54) is 4.90 Å². The van der Waals surface area contributed by atoms with E-state index in [2.05, 4.69) is 12.2 Å². The molecule has 0 radical (unpaired) electrons. The van der Waals surface area contributed by atoms with Crippen molar-refractivity contribution in [3.8, 4) is 5.75 Å². The van der Waals surface area contributed by atoms with Crippen molar-refractivity contribution < 1.29 is 23.4 Å². The number of ether oxygens (including phenoxy) is 1. The van der Waals surface area contributed by atoms with Gasteiger partial charge in [-0.15, -0.1) is 4.52 Å². The summed E-state index contributed by atoms with van der Waals surface area (Å²) in [6.07, 6.45) is 2.08. The van der Waals surface area contributed by atoms with Crippen LogP contribution in [0.3, 0.4) is 0 Å². The maximum atomic E-state index is 13.4. The molecule has 1 fully saturated rings. The molecule has 200 valence electrons. The van der Waals surface area contributed by atoms with E-state index in [0.717, 1.165) is 29.5 Å². The molecule has 2 aromatic rings. The van der Waals surface area contributed by atoms with E-state index >= 15 is 0 Å². The number of likely N-dealkylation sites (tertiary alicyclic amines) is 1. The van der Waals surface area contributed by atoms with Gasteiger partial charge in [0.2, 0.25) is 11.6 Å². The molecule has 2 aromatic carbocycles. The molecule has 3 amide bonds. The van der Waals surface area contributed by atoms with Crippen LogP contribution in [0.15, 0.2) is 48.5 Å². The van der Waals surface area contributed by atoms with E-state index in [9.17, 15) is 14.2 Å². The van der Waals surface area contributed by atoms with Crippen LogP contribution >= 0.6 is 8.03 Å². The fraction of sp³-hybridized carbons (Fsp3) is 0.517. The first-order valence-electron chi connectivity index (χ1n) is 13.3. The van der Waals surface area contributed by atoms with Crippen LogP contribution < -0.4 is 10.1 Å². The molecule has 8 heteroatoms. The second-order valence-corrected chi connectivity index (χ2v) is 11.3. The third kappa shape index (κ3) is 6.05. The molecule has 1 heterocycles. The van der Waals surface area contributed by atoms with Gasteiger partial charge in [-0.2, -0.15) is 0 Å². The highest BCUT2D eigenvalue weighted by Gasteiger charge is 2.63. The first kappa shape index (κ1) is 28.8. The van der Waals surface area contributed by atoms with Crippen molar-refractivity contribution in [1.82, 2.24) is 10.2 Å². The van der Waals surface area contributed by atoms with Gasteiger partial charge in [0.25, 0.3) is 0 Å². The van der Waals surface area contributed by atoms with E-state index < -0.39 is 25.7 Å². The van der Waals surface area contributed by atoms with Crippen molar-refractivity contribution in [1.29, 1.82) is 0 Å². The maximum absolute atomic E-state index is 13.4. The van der Waals surface area contributed by atoms with Crippen molar-refractivity contribution >= 4 is 20.0 Å². The van der Waals surface area contributed by atoms with E-state index in [1.54, 1.807) is 12.1 Å². The molecular weight excluding hydrogens is 487 g/mol. The topological polar surface area (TPSA) is 84.9 Å². The number of carbonyl (C=O) groups excluding carboxylic acids is 2. The normalized spacial score (nSPS) is 18.5. The Bertz CT molecular complexity index is 1080. The molecule has 1 saturated heterocycles. The van der Waals surface area contributed by atoms with E-state index in [-0.39, 0.29) is 17.6 Å². The van der Waals surface area contributed by atoms with Gasteiger partial charge in [0.1, 0.15) is 11.2 Å². The number of hydrogen-bond donors (Lipinski definition) is 1. The SMILES string of the molecule is CCC[C@@H](NC(=O)N1C(=O)C(CC)(CC)[C@@H]1Oc1ccc(C(C)[P+](=O)OCC)cc1)c1ccc(C)cc1. The maximum Gasteiger partial charge on any atom is 0.515 e. The molecular formula is C29H40N2O5P+. The minimum Gasteiger partial charge on any atom is -0.469 e. The Kier molecular flexibility index (Phi) is 9.86. The van der Waals surface area contributed by atoms with Crippen molar-refractivity contribution in [3.05, 3.63) is 65.2 Å². The zero-order valence-corrected chi connectivity index (χ0v) is 23.7. The van der Waals surface area contributed by atoms with Gasteiger partial charge in [-0.05, 0) is 62.3 Å². The zero-order chi connectivity index (χ0) is 27.2. The van der Waals surface area contributed by atoms with Crippen LogP contribution in [0, 0.1) is 12.3 Å². The van der Waals surface area contributed by atoms with Gasteiger partial charge in [-0.1, -0.05) is 69.2 Å². The number of imide groups is 1. The lowest BCUT2D eigenvalue weighted by Gasteiger charge is -2.53. The van der Waals surface area contributed by atoms with Gasteiger partial charge in [-0.3, -0.25) is 4.79 Å². The van der Waals surface area contributed by atoms with Gasteiger partial charge < -0.3 is 10.1 Å². The number of hydrogen-bond acceptors (Lipinski definition) is 5. The number of amides is 3. The molecule has 1 aliphatic heterocycles. The summed E-state index contributed by atoms with van der Waals surface area (Å²) in [6.45, 7) is 12.1. The van der Waals surface area contributed by atoms with E-state index in [1.807, 2.05) is 71.0 Å². The molecule has 0 spiro atoms. The second kappa shape index (κ2) is 12.7. The second-order valence-electron chi connectivity index (χ2n) is 9.66. The largest absolute Gasteiger partial charge is 0.515 e. The Morgan fingerprint density at radius 1 is 1.03 bits per heavy atom. The monoisotopic (exact) mass is 527 g/mol. The highest BCUT2D eigenvalue weighted by molar-refractivity contribution is 7.39. The summed E-state index contributed by atoms with van der Waals surface area (Å²) >= 11 is 0. The van der Waals surface area contributed by atoms with Crippen LogP contribution in [0.2, 0.25) is 0 Å². The molecule has 1 aliphatic rings. The predicted molar refractivity (Wildman–Crippen MR) is 146 cm³/mol. The average molecular weight is 528 g/mol. The average Bonchev–Trinajstić information content (AvgIpc) is 2.89. The Morgan fingerprint density at radius 2 is 1.62 bits per heavy atom. The lowest BCUT2D eigenvalue weighted by molar-refractivity contribution is -0.191. The minimum absolute atomic E-state index is 0.196. The minimum atomic E-state index is -1.81. The Balaban J connectivity index is 1.80. The molecule has 0 bridgehead atoms. The molecule has 0 aliphatic carbocycles. The van der Waals surface area contributed by atoms with E-state index in [4.69, 9.17) is 9.26 Å². The van der Waals surface area contributed by atoms with Crippen LogP contribution in [0.1, 0.15) is 88.7 Å². The summed E-state index contributed by atoms with van der Waals surface area (Å²) in [5, 5.41) is 3.08. The van der Waals surface area contributed by atoms with Crippen molar-refractivity contribution in [3.63, 3.8) is 0 Å². The molecule has 0 aromatic heterocycles. The third-order valence-electron chi connectivity index (χ3n) is 7.37. The third-order valence-corrected chi connectivity index (χ3v) is 8.81. The molecule has 2 unspecified atom stereocenters. The van der Waals surface area contributed by atoms with Crippen LogP contribution in [0.5, 0.6) is 5.75 Å². The molecule has 37 heavy (non-hydrogen) atoms. The predicted octanol–water partition coefficient (Wildman–Crippen LogP) is 7.44. The number of carbonyl (C=O) groups is 2. The first-order valence-corrected chi connectivity index (χ1v) is 14.5. The summed E-state index contributed by atoms with van der Waals surface area (Å²) in [4.78, 5) is 28.0. The summed E-state index contributed by atoms with van der Waals surface area (Å²) in [5.41, 5.74) is 2.03. The lowest BCUT2D eigenvalue weighted by Crippen LogP contribution is -2.73. The number of urea groups is 1. The lowest BCUT2D eigenvalue weighted by atomic mass is 9.72. The standard InChI is InChI=1S/C29H39N2O5P/c1-7-11-25(23-14-12-20(5)13-15-23)30-28(33)31-26(32)29(8-2,9-3)27(31)36-24-18-16-22(17-19-24)21(6)37(34)35-10-4/h12-19,21,25,27H,7-11H2,1-6H3/p+1/t21?,25-,27+/m1/s1. The van der Waals surface area contributed by atoms with Crippen molar-refractivity contribution in [2.45, 2.75) is 85.2 Å². The van der Waals surface area contributed by atoms with E-state index in [0.29, 0.717) is 25.2 Å². The molecule has 7 nitrogen and oxygen atoms in total. The Labute approximate surface area is 221 Å². The quantitative estimate of drug-likeness (QED) is 0.229. The number of nitrogens with one attached hydrogen (secondary N) is 1.